The van der Waals surface area contributed by atoms with E-state index < -0.39 is 47.6 Å². The molecule has 2 aliphatic heterocycles. The largest absolute Gasteiger partial charge is 0.416 e. The van der Waals surface area contributed by atoms with Gasteiger partial charge < -0.3 is 20.0 Å². The molecule has 2 fully saturated rings. The van der Waals surface area contributed by atoms with Gasteiger partial charge in [-0.05, 0) is 61.2 Å². The van der Waals surface area contributed by atoms with Crippen LogP contribution in [0.5, 0.6) is 0 Å². The van der Waals surface area contributed by atoms with Crippen molar-refractivity contribution in [1.29, 1.82) is 0 Å². The summed E-state index contributed by atoms with van der Waals surface area (Å²) >= 11 is 0. The van der Waals surface area contributed by atoms with Crippen LogP contribution in [0.15, 0.2) is 48.5 Å². The molecule has 2 saturated heterocycles. The number of nitrogens with one attached hydrogen (secondary N) is 1. The van der Waals surface area contributed by atoms with Crippen molar-refractivity contribution in [1.82, 2.24) is 15.1 Å². The number of halogens is 3. The first-order valence-corrected chi connectivity index (χ1v) is 13.2. The number of nitrogens with zero attached hydrogens (tertiary/aromatic N) is 3. The molecule has 4 rings (SSSR count). The second-order valence-electron chi connectivity index (χ2n) is 10.9. The molecule has 2 aromatic carbocycles. The van der Waals surface area contributed by atoms with E-state index in [2.05, 4.69) is 5.32 Å². The van der Waals surface area contributed by atoms with Gasteiger partial charge in [0.2, 0.25) is 5.91 Å². The molecule has 0 saturated carbocycles. The van der Waals surface area contributed by atoms with Crippen LogP contribution in [0.25, 0.3) is 0 Å². The summed E-state index contributed by atoms with van der Waals surface area (Å²) in [6.07, 6.45) is -3.96. The lowest BCUT2D eigenvalue weighted by Gasteiger charge is -2.29. The molecule has 2 aliphatic rings. The first-order chi connectivity index (χ1) is 18.8. The smallest absolute Gasteiger partial charge is 0.378 e. The lowest BCUT2D eigenvalue weighted by atomic mass is 10.0. The Balaban J connectivity index is 1.51. The molecular formula is C29H33F3N4O4. The minimum absolute atomic E-state index is 0.0574. The average Bonchev–Trinajstić information content (AvgIpc) is 3.48. The maximum Gasteiger partial charge on any atom is 0.416 e. The summed E-state index contributed by atoms with van der Waals surface area (Å²) in [6.45, 7) is 3.73. The van der Waals surface area contributed by atoms with Gasteiger partial charge in [-0.1, -0.05) is 19.9 Å². The first kappa shape index (κ1) is 29.1. The van der Waals surface area contributed by atoms with Crippen LogP contribution in [-0.4, -0.2) is 78.6 Å². The van der Waals surface area contributed by atoms with Crippen LogP contribution < -0.4 is 10.2 Å². The number of likely N-dealkylation sites (tertiary alicyclic amines) is 2. The molecule has 40 heavy (non-hydrogen) atoms. The van der Waals surface area contributed by atoms with Crippen molar-refractivity contribution in [2.75, 3.05) is 32.1 Å². The van der Waals surface area contributed by atoms with Gasteiger partial charge in [0.25, 0.3) is 11.8 Å². The third-order valence-corrected chi connectivity index (χ3v) is 7.36. The maximum absolute atomic E-state index is 13.7. The molecule has 2 heterocycles. The SMILES string of the molecule is CC(C)C[C@H](NC(=O)c1ccc(N(C)C)cc1)C(=O)N1CC[C@@H]2[C@H]1C(=O)CN2C(=O)c1cccc(C(F)(F)F)c1. The Morgan fingerprint density at radius 3 is 2.30 bits per heavy atom. The van der Waals surface area contributed by atoms with Crippen LogP contribution in [-0.2, 0) is 15.8 Å². The molecule has 0 radical (unpaired) electrons. The van der Waals surface area contributed by atoms with Crippen LogP contribution in [0, 0.1) is 5.92 Å². The summed E-state index contributed by atoms with van der Waals surface area (Å²) in [7, 11) is 3.77. The van der Waals surface area contributed by atoms with Gasteiger partial charge in [-0.25, -0.2) is 0 Å². The topological polar surface area (TPSA) is 90.0 Å². The molecular weight excluding hydrogens is 525 g/mol. The third kappa shape index (κ3) is 5.97. The van der Waals surface area contributed by atoms with Crippen molar-refractivity contribution in [3.05, 3.63) is 65.2 Å². The van der Waals surface area contributed by atoms with E-state index in [1.807, 2.05) is 32.8 Å². The molecule has 0 aromatic heterocycles. The molecule has 3 atom stereocenters. The van der Waals surface area contributed by atoms with Gasteiger partial charge in [0.15, 0.2) is 5.78 Å². The number of Topliss-reactive ketones (excluding diaryl/α,β-unsaturated/α-hetero) is 1. The molecule has 0 aliphatic carbocycles. The number of alkyl halides is 3. The summed E-state index contributed by atoms with van der Waals surface area (Å²) in [5, 5.41) is 2.82. The fourth-order valence-electron chi connectivity index (χ4n) is 5.38. The second kappa shape index (κ2) is 11.3. The summed E-state index contributed by atoms with van der Waals surface area (Å²) in [5.41, 5.74) is 0.185. The quantitative estimate of drug-likeness (QED) is 0.561. The normalized spacial score (nSPS) is 19.6. The van der Waals surface area contributed by atoms with E-state index >= 15 is 0 Å². The summed E-state index contributed by atoms with van der Waals surface area (Å²) in [6, 6.07) is 8.59. The van der Waals surface area contributed by atoms with Crippen molar-refractivity contribution in [3.8, 4) is 0 Å². The molecule has 1 N–H and O–H groups in total. The number of hydrogen-bond acceptors (Lipinski definition) is 5. The highest BCUT2D eigenvalue weighted by Crippen LogP contribution is 2.33. The van der Waals surface area contributed by atoms with E-state index in [1.54, 1.807) is 24.3 Å². The van der Waals surface area contributed by atoms with Gasteiger partial charge in [-0.15, -0.1) is 0 Å². The van der Waals surface area contributed by atoms with E-state index in [4.69, 9.17) is 0 Å². The van der Waals surface area contributed by atoms with Crippen LogP contribution in [0.4, 0.5) is 18.9 Å². The van der Waals surface area contributed by atoms with Crippen LogP contribution >= 0.6 is 0 Å². The number of ketones is 1. The van der Waals surface area contributed by atoms with Crippen LogP contribution in [0.3, 0.4) is 0 Å². The zero-order valence-corrected chi connectivity index (χ0v) is 22.9. The highest BCUT2D eigenvalue weighted by molar-refractivity contribution is 6.03. The third-order valence-electron chi connectivity index (χ3n) is 7.36. The van der Waals surface area contributed by atoms with Crippen molar-refractivity contribution in [3.63, 3.8) is 0 Å². The van der Waals surface area contributed by atoms with Gasteiger partial charge >= 0.3 is 6.18 Å². The molecule has 2 aromatic rings. The van der Waals surface area contributed by atoms with Crippen molar-refractivity contribution in [2.45, 2.75) is 51.0 Å². The molecule has 0 bridgehead atoms. The summed E-state index contributed by atoms with van der Waals surface area (Å²) in [5.74, 6) is -1.82. The van der Waals surface area contributed by atoms with Gasteiger partial charge in [-0.2, -0.15) is 13.2 Å². The fraction of sp³-hybridized carbons (Fsp3) is 0.448. The first-order valence-electron chi connectivity index (χ1n) is 13.2. The number of rotatable bonds is 7. The Labute approximate surface area is 231 Å². The molecule has 214 valence electrons. The number of benzene rings is 2. The fourth-order valence-corrected chi connectivity index (χ4v) is 5.38. The predicted molar refractivity (Wildman–Crippen MR) is 143 cm³/mol. The number of carbonyl (C=O) groups excluding carboxylic acids is 4. The summed E-state index contributed by atoms with van der Waals surface area (Å²) < 4.78 is 39.6. The van der Waals surface area contributed by atoms with Crippen molar-refractivity contribution >= 4 is 29.2 Å². The molecule has 0 unspecified atom stereocenters. The number of carbonyl (C=O) groups is 4. The van der Waals surface area contributed by atoms with E-state index in [0.717, 1.165) is 23.9 Å². The van der Waals surface area contributed by atoms with Gasteiger partial charge in [0.05, 0.1) is 18.2 Å². The predicted octanol–water partition coefficient (Wildman–Crippen LogP) is 3.61. The van der Waals surface area contributed by atoms with Crippen molar-refractivity contribution in [2.24, 2.45) is 5.92 Å². The number of amides is 3. The van der Waals surface area contributed by atoms with Crippen LogP contribution in [0.2, 0.25) is 0 Å². The molecule has 0 spiro atoms. The molecule has 11 heteroatoms. The maximum atomic E-state index is 13.7. The highest BCUT2D eigenvalue weighted by Gasteiger charge is 2.52. The number of anilines is 1. The Bertz CT molecular complexity index is 1290. The Morgan fingerprint density at radius 1 is 1.02 bits per heavy atom. The zero-order chi connectivity index (χ0) is 29.4. The Kier molecular flexibility index (Phi) is 8.23. The van der Waals surface area contributed by atoms with E-state index in [-0.39, 0.29) is 30.4 Å². The molecule has 3 amide bonds. The lowest BCUT2D eigenvalue weighted by Crippen LogP contribution is -2.53. The van der Waals surface area contributed by atoms with Crippen LogP contribution in [0.1, 0.15) is 53.0 Å². The van der Waals surface area contributed by atoms with Gasteiger partial charge in [0.1, 0.15) is 12.1 Å². The van der Waals surface area contributed by atoms with Gasteiger partial charge in [-0.3, -0.25) is 19.2 Å². The zero-order valence-electron chi connectivity index (χ0n) is 22.9. The van der Waals surface area contributed by atoms with Gasteiger partial charge in [0, 0.05) is 37.5 Å². The standard InChI is InChI=1S/C29H33F3N4O4/c1-17(2)14-22(33-26(38)18-8-10-21(11-9-18)34(3)4)28(40)35-13-12-23-25(35)24(37)16-36(23)27(39)19-6-5-7-20(15-19)29(30,31)32/h5-11,15,17,22-23,25H,12-14,16H2,1-4H3,(H,33,38)/t22-,23+,25-/m0/s1. The Morgan fingerprint density at radius 2 is 1.70 bits per heavy atom. The number of hydrogen-bond donors (Lipinski definition) is 1. The monoisotopic (exact) mass is 558 g/mol. The average molecular weight is 559 g/mol. The van der Waals surface area contributed by atoms with E-state index in [9.17, 15) is 32.3 Å². The van der Waals surface area contributed by atoms with E-state index in [1.165, 1.54) is 15.9 Å². The van der Waals surface area contributed by atoms with Crippen molar-refractivity contribution < 1.29 is 32.3 Å². The number of fused-ring (bicyclic) bond motifs is 1. The summed E-state index contributed by atoms with van der Waals surface area (Å²) in [4.78, 5) is 57.5. The Hall–Kier alpha value is -3.89. The lowest BCUT2D eigenvalue weighted by molar-refractivity contribution is -0.138. The molecule has 8 nitrogen and oxygen atoms in total. The van der Waals surface area contributed by atoms with E-state index in [0.29, 0.717) is 18.4 Å². The second-order valence-corrected chi connectivity index (χ2v) is 10.9. The highest BCUT2D eigenvalue weighted by atomic mass is 19.4. The minimum Gasteiger partial charge on any atom is -0.378 e. The minimum atomic E-state index is -4.61.